The van der Waals surface area contributed by atoms with Gasteiger partial charge in [0.2, 0.25) is 5.91 Å². The van der Waals surface area contributed by atoms with Crippen LogP contribution in [0.2, 0.25) is 0 Å². The molecule has 1 fully saturated rings. The van der Waals surface area contributed by atoms with E-state index in [1.807, 2.05) is 4.90 Å². The number of rotatable bonds is 3. The molecule has 1 saturated heterocycles. The molecule has 3 aromatic rings. The number of pyridine rings is 1. The Balaban J connectivity index is 1.38. The molecule has 2 N–H and O–H groups in total. The first-order chi connectivity index (χ1) is 15.6. The maximum absolute atomic E-state index is 13.0. The lowest BCUT2D eigenvalue weighted by Crippen LogP contribution is -2.50. The molecule has 2 heterocycles. The van der Waals surface area contributed by atoms with Crippen LogP contribution >= 0.6 is 0 Å². The number of amides is 2. The summed E-state index contributed by atoms with van der Waals surface area (Å²) in [6, 6.07) is 19.2. The van der Waals surface area contributed by atoms with Gasteiger partial charge in [-0.05, 0) is 41.2 Å². The number of nitrogens with zero attached hydrogens (tertiary/aromatic N) is 3. The molecule has 6 heteroatoms. The van der Waals surface area contributed by atoms with E-state index in [4.69, 9.17) is 5.73 Å². The van der Waals surface area contributed by atoms with E-state index in [-0.39, 0.29) is 17.5 Å². The summed E-state index contributed by atoms with van der Waals surface area (Å²) in [7, 11) is 0. The number of primary amides is 1. The minimum Gasteiger partial charge on any atom is -0.366 e. The maximum Gasteiger partial charge on any atom is 0.255 e. The number of carbonyl (C=O) groups excluding carboxylic acids is 2. The monoisotopic (exact) mass is 426 g/mol. The molecule has 0 saturated carbocycles. The van der Waals surface area contributed by atoms with Crippen LogP contribution in [0.1, 0.15) is 49.0 Å². The van der Waals surface area contributed by atoms with Crippen molar-refractivity contribution in [1.29, 1.82) is 0 Å². The van der Waals surface area contributed by atoms with Crippen molar-refractivity contribution in [3.63, 3.8) is 0 Å². The highest BCUT2D eigenvalue weighted by Gasteiger charge is 2.32. The predicted octanol–water partition coefficient (Wildman–Crippen LogP) is 2.83. The zero-order chi connectivity index (χ0) is 22.1. The average Bonchev–Trinajstić information content (AvgIpc) is 3.01. The Bertz CT molecular complexity index is 1120. The van der Waals surface area contributed by atoms with Crippen LogP contribution < -0.4 is 5.73 Å². The second-order valence-electron chi connectivity index (χ2n) is 8.45. The van der Waals surface area contributed by atoms with Gasteiger partial charge >= 0.3 is 0 Å². The van der Waals surface area contributed by atoms with Crippen molar-refractivity contribution in [2.75, 3.05) is 26.2 Å². The highest BCUT2D eigenvalue weighted by Crippen LogP contribution is 2.37. The van der Waals surface area contributed by atoms with Crippen molar-refractivity contribution in [2.45, 2.75) is 18.9 Å². The van der Waals surface area contributed by atoms with Gasteiger partial charge in [0.05, 0.1) is 17.2 Å². The van der Waals surface area contributed by atoms with Gasteiger partial charge in [0.25, 0.3) is 5.91 Å². The molecule has 2 amide bonds. The largest absolute Gasteiger partial charge is 0.366 e. The van der Waals surface area contributed by atoms with Crippen molar-refractivity contribution in [1.82, 2.24) is 14.8 Å². The molecule has 0 spiro atoms. The SMILES string of the molecule is NC(=O)c1cncc(C(=O)N2CCN(C3c4ccccc4CCc4ccccc43)CC2)c1. The Morgan fingerprint density at radius 2 is 1.38 bits per heavy atom. The molecule has 2 aliphatic rings. The first-order valence-electron chi connectivity index (χ1n) is 11.1. The van der Waals surface area contributed by atoms with Gasteiger partial charge in [-0.25, -0.2) is 0 Å². The van der Waals surface area contributed by atoms with Crippen molar-refractivity contribution >= 4 is 11.8 Å². The molecular weight excluding hydrogens is 400 g/mol. The van der Waals surface area contributed by atoms with E-state index in [9.17, 15) is 9.59 Å². The third-order valence-corrected chi connectivity index (χ3v) is 6.60. The molecular formula is C26H26N4O2. The molecule has 6 nitrogen and oxygen atoms in total. The average molecular weight is 427 g/mol. The van der Waals surface area contributed by atoms with Gasteiger partial charge in [0, 0.05) is 38.6 Å². The van der Waals surface area contributed by atoms with Gasteiger partial charge < -0.3 is 10.6 Å². The molecule has 0 unspecified atom stereocenters. The Hall–Kier alpha value is -3.51. The van der Waals surface area contributed by atoms with Crippen LogP contribution in [0.25, 0.3) is 0 Å². The molecule has 32 heavy (non-hydrogen) atoms. The standard InChI is InChI=1S/C26H26N4O2/c27-25(31)20-15-21(17-28-16-20)26(32)30-13-11-29(12-14-30)24-22-7-3-1-5-18(22)9-10-19-6-2-4-8-23(19)24/h1-8,15-17,24H,9-14H2,(H2,27,31). The van der Waals surface area contributed by atoms with E-state index in [1.165, 1.54) is 40.7 Å². The van der Waals surface area contributed by atoms with Crippen molar-refractivity contribution < 1.29 is 9.59 Å². The lowest BCUT2D eigenvalue weighted by Gasteiger charge is -2.40. The highest BCUT2D eigenvalue weighted by molar-refractivity contribution is 5.98. The minimum atomic E-state index is -0.581. The molecule has 0 radical (unpaired) electrons. The lowest BCUT2D eigenvalue weighted by molar-refractivity contribution is 0.0596. The third kappa shape index (κ3) is 3.78. The van der Waals surface area contributed by atoms with Gasteiger partial charge in [0.1, 0.15) is 0 Å². The van der Waals surface area contributed by atoms with Crippen molar-refractivity contribution in [3.05, 3.63) is 100 Å². The van der Waals surface area contributed by atoms with Crippen molar-refractivity contribution in [3.8, 4) is 0 Å². The van der Waals surface area contributed by atoms with Crippen LogP contribution in [0.15, 0.2) is 67.0 Å². The van der Waals surface area contributed by atoms with E-state index >= 15 is 0 Å². The Morgan fingerprint density at radius 1 is 0.812 bits per heavy atom. The first-order valence-corrected chi connectivity index (χ1v) is 11.1. The zero-order valence-corrected chi connectivity index (χ0v) is 17.9. The van der Waals surface area contributed by atoms with E-state index in [0.717, 1.165) is 25.9 Å². The fourth-order valence-electron chi connectivity index (χ4n) is 4.94. The van der Waals surface area contributed by atoms with Crippen LogP contribution in [0.3, 0.4) is 0 Å². The number of piperazine rings is 1. The summed E-state index contributed by atoms with van der Waals surface area (Å²) in [6.45, 7) is 2.81. The first kappa shape index (κ1) is 20.4. The molecule has 2 aromatic carbocycles. The summed E-state index contributed by atoms with van der Waals surface area (Å²) in [4.78, 5) is 32.8. The normalized spacial score (nSPS) is 16.7. The second-order valence-corrected chi connectivity index (χ2v) is 8.45. The number of aryl methyl sites for hydroxylation is 2. The number of aromatic nitrogens is 1. The van der Waals surface area contributed by atoms with Crippen molar-refractivity contribution in [2.24, 2.45) is 5.73 Å². The number of hydrogen-bond acceptors (Lipinski definition) is 4. The van der Waals surface area contributed by atoms with Gasteiger partial charge in [0.15, 0.2) is 0 Å². The number of fused-ring (bicyclic) bond motifs is 2. The summed E-state index contributed by atoms with van der Waals surface area (Å²) >= 11 is 0. The van der Waals surface area contributed by atoms with Gasteiger partial charge in [-0.3, -0.25) is 19.5 Å². The minimum absolute atomic E-state index is 0.109. The Kier molecular flexibility index (Phi) is 5.45. The predicted molar refractivity (Wildman–Crippen MR) is 122 cm³/mol. The van der Waals surface area contributed by atoms with Crippen LogP contribution in [0, 0.1) is 0 Å². The third-order valence-electron chi connectivity index (χ3n) is 6.60. The van der Waals surface area contributed by atoms with Crippen LogP contribution in [-0.4, -0.2) is 52.8 Å². The summed E-state index contributed by atoms with van der Waals surface area (Å²) < 4.78 is 0. The summed E-state index contributed by atoms with van der Waals surface area (Å²) in [5, 5.41) is 0. The van der Waals surface area contributed by atoms with Gasteiger partial charge in [-0.2, -0.15) is 0 Å². The quantitative estimate of drug-likeness (QED) is 0.699. The topological polar surface area (TPSA) is 79.5 Å². The number of nitrogens with two attached hydrogens (primary N) is 1. The van der Waals surface area contributed by atoms with Crippen LogP contribution in [0.5, 0.6) is 0 Å². The fourth-order valence-corrected chi connectivity index (χ4v) is 4.94. The molecule has 1 aromatic heterocycles. The highest BCUT2D eigenvalue weighted by atomic mass is 16.2. The maximum atomic E-state index is 13.0. The molecule has 5 rings (SSSR count). The fraction of sp³-hybridized carbons (Fsp3) is 0.269. The second kappa shape index (κ2) is 8.55. The van der Waals surface area contributed by atoms with Gasteiger partial charge in [-0.15, -0.1) is 0 Å². The molecule has 162 valence electrons. The molecule has 0 atom stereocenters. The number of benzene rings is 2. The lowest BCUT2D eigenvalue weighted by atomic mass is 9.92. The Morgan fingerprint density at radius 3 is 1.97 bits per heavy atom. The van der Waals surface area contributed by atoms with Gasteiger partial charge in [-0.1, -0.05) is 48.5 Å². The van der Waals surface area contributed by atoms with E-state index in [1.54, 1.807) is 0 Å². The summed E-state index contributed by atoms with van der Waals surface area (Å²) in [5.41, 5.74) is 11.5. The molecule has 1 aliphatic carbocycles. The molecule has 0 bridgehead atoms. The number of hydrogen-bond donors (Lipinski definition) is 1. The summed E-state index contributed by atoms with van der Waals surface area (Å²) in [5.74, 6) is -0.690. The van der Waals surface area contributed by atoms with E-state index < -0.39 is 5.91 Å². The van der Waals surface area contributed by atoms with Crippen LogP contribution in [-0.2, 0) is 12.8 Å². The summed E-state index contributed by atoms with van der Waals surface area (Å²) in [6.07, 6.45) is 4.98. The zero-order valence-electron chi connectivity index (χ0n) is 17.9. The van der Waals surface area contributed by atoms with Crippen LogP contribution in [0.4, 0.5) is 0 Å². The molecule has 1 aliphatic heterocycles. The number of carbonyl (C=O) groups is 2. The Labute approximate surface area is 187 Å². The van der Waals surface area contributed by atoms with E-state index in [0.29, 0.717) is 18.7 Å². The van der Waals surface area contributed by atoms with E-state index in [2.05, 4.69) is 58.4 Å². The smallest absolute Gasteiger partial charge is 0.255 e.